The molecule has 0 unspecified atom stereocenters. The van der Waals surface area contributed by atoms with Gasteiger partial charge in [-0.15, -0.1) is 0 Å². The first-order valence-electron chi connectivity index (χ1n) is 5.23. The van der Waals surface area contributed by atoms with Gasteiger partial charge in [-0.25, -0.2) is 4.79 Å². The summed E-state index contributed by atoms with van der Waals surface area (Å²) in [7, 11) is 1.41. The molecule has 1 saturated heterocycles. The standard InChI is InChI=1S/C9H12F3N3O3S/c1-14-5-7(17)15(8(14)18)4-6(16)13-2-3-19-9(10,11)12/h2-5H2,1H3,(H,13,16). The van der Waals surface area contributed by atoms with E-state index >= 15 is 0 Å². The summed E-state index contributed by atoms with van der Waals surface area (Å²) in [5.74, 6) is -1.50. The summed E-state index contributed by atoms with van der Waals surface area (Å²) in [6, 6.07) is -0.593. The number of urea groups is 1. The molecule has 0 aromatic carbocycles. The third-order valence-corrected chi connectivity index (χ3v) is 2.96. The van der Waals surface area contributed by atoms with E-state index < -0.39 is 29.9 Å². The molecule has 0 spiro atoms. The largest absolute Gasteiger partial charge is 0.441 e. The second-order valence-corrected chi connectivity index (χ2v) is 4.92. The third kappa shape index (κ3) is 4.97. The highest BCUT2D eigenvalue weighted by atomic mass is 32.2. The van der Waals surface area contributed by atoms with E-state index in [-0.39, 0.29) is 30.6 Å². The molecule has 0 saturated carbocycles. The van der Waals surface area contributed by atoms with Crippen molar-refractivity contribution in [3.63, 3.8) is 0 Å². The molecular formula is C9H12F3N3O3S. The Morgan fingerprint density at radius 3 is 2.53 bits per heavy atom. The van der Waals surface area contributed by atoms with Gasteiger partial charge < -0.3 is 10.2 Å². The van der Waals surface area contributed by atoms with Crippen molar-refractivity contribution in [2.75, 3.05) is 32.4 Å². The van der Waals surface area contributed by atoms with Crippen molar-refractivity contribution in [2.24, 2.45) is 0 Å². The van der Waals surface area contributed by atoms with Gasteiger partial charge in [-0.3, -0.25) is 14.5 Å². The van der Waals surface area contributed by atoms with Crippen molar-refractivity contribution in [1.29, 1.82) is 0 Å². The number of imide groups is 1. The van der Waals surface area contributed by atoms with E-state index in [1.54, 1.807) is 0 Å². The SMILES string of the molecule is CN1CC(=O)N(CC(=O)NCCSC(F)(F)F)C1=O. The summed E-state index contributed by atoms with van der Waals surface area (Å²) in [6.07, 6.45) is 0. The molecule has 0 aromatic heterocycles. The summed E-state index contributed by atoms with van der Waals surface area (Å²) in [5, 5.41) is 2.21. The Bertz CT molecular complexity index is 389. The maximum absolute atomic E-state index is 11.8. The van der Waals surface area contributed by atoms with Crippen molar-refractivity contribution < 1.29 is 27.6 Å². The van der Waals surface area contributed by atoms with Gasteiger partial charge in [-0.2, -0.15) is 13.2 Å². The fraction of sp³-hybridized carbons (Fsp3) is 0.667. The highest BCUT2D eigenvalue weighted by Crippen LogP contribution is 2.29. The lowest BCUT2D eigenvalue weighted by atomic mass is 10.5. The summed E-state index contributed by atoms with van der Waals surface area (Å²) in [5.41, 5.74) is -4.34. The summed E-state index contributed by atoms with van der Waals surface area (Å²) in [4.78, 5) is 36.0. The van der Waals surface area contributed by atoms with E-state index in [0.717, 1.165) is 9.80 Å². The minimum absolute atomic E-state index is 0.101. The molecule has 1 N–H and O–H groups in total. The first-order valence-corrected chi connectivity index (χ1v) is 6.22. The van der Waals surface area contributed by atoms with Crippen LogP contribution in [0.1, 0.15) is 0 Å². The Balaban J connectivity index is 2.28. The van der Waals surface area contributed by atoms with Gasteiger partial charge in [-0.1, -0.05) is 0 Å². The Labute approximate surface area is 111 Å². The van der Waals surface area contributed by atoms with Gasteiger partial charge in [0.15, 0.2) is 0 Å². The molecule has 0 atom stereocenters. The lowest BCUT2D eigenvalue weighted by molar-refractivity contribution is -0.130. The van der Waals surface area contributed by atoms with Crippen LogP contribution in [0.15, 0.2) is 0 Å². The van der Waals surface area contributed by atoms with Crippen LogP contribution in [0.5, 0.6) is 0 Å². The zero-order chi connectivity index (χ0) is 14.6. The van der Waals surface area contributed by atoms with E-state index in [1.807, 2.05) is 0 Å². The molecule has 0 radical (unpaired) electrons. The number of nitrogens with zero attached hydrogens (tertiary/aromatic N) is 2. The number of amides is 4. The van der Waals surface area contributed by atoms with E-state index in [2.05, 4.69) is 5.32 Å². The van der Waals surface area contributed by atoms with E-state index in [9.17, 15) is 27.6 Å². The quantitative estimate of drug-likeness (QED) is 0.583. The van der Waals surface area contributed by atoms with E-state index in [0.29, 0.717) is 0 Å². The van der Waals surface area contributed by atoms with Gasteiger partial charge in [0, 0.05) is 19.3 Å². The molecule has 1 rings (SSSR count). The normalized spacial score (nSPS) is 16.2. The number of carbonyl (C=O) groups excluding carboxylic acids is 3. The number of likely N-dealkylation sites (N-methyl/N-ethyl adjacent to an activating group) is 1. The zero-order valence-corrected chi connectivity index (χ0v) is 10.8. The monoisotopic (exact) mass is 299 g/mol. The Morgan fingerprint density at radius 1 is 1.42 bits per heavy atom. The Kier molecular flexibility index (Phi) is 5.04. The summed E-state index contributed by atoms with van der Waals surface area (Å²) < 4.78 is 35.4. The number of halogens is 3. The Hall–Kier alpha value is -1.45. The first kappa shape index (κ1) is 15.6. The van der Waals surface area contributed by atoms with Crippen LogP contribution in [0, 0.1) is 0 Å². The maximum Gasteiger partial charge on any atom is 0.441 e. The number of thioether (sulfide) groups is 1. The number of hydrogen-bond acceptors (Lipinski definition) is 4. The van der Waals surface area contributed by atoms with Crippen LogP contribution in [0.3, 0.4) is 0 Å². The zero-order valence-electron chi connectivity index (χ0n) is 9.99. The summed E-state index contributed by atoms with van der Waals surface area (Å²) >= 11 is -0.251. The van der Waals surface area contributed by atoms with Crippen LogP contribution in [0.4, 0.5) is 18.0 Å². The highest BCUT2D eigenvalue weighted by molar-refractivity contribution is 8.00. The number of nitrogens with one attached hydrogen (secondary N) is 1. The molecule has 4 amide bonds. The van der Waals surface area contributed by atoms with Gasteiger partial charge in [-0.05, 0) is 11.8 Å². The molecule has 0 aliphatic carbocycles. The minimum atomic E-state index is -4.34. The lowest BCUT2D eigenvalue weighted by Crippen LogP contribution is -2.41. The third-order valence-electron chi connectivity index (χ3n) is 2.22. The molecular weight excluding hydrogens is 287 g/mol. The second kappa shape index (κ2) is 6.13. The maximum atomic E-state index is 11.8. The van der Waals surface area contributed by atoms with Crippen molar-refractivity contribution in [3.8, 4) is 0 Å². The molecule has 0 aromatic rings. The van der Waals surface area contributed by atoms with Crippen LogP contribution in [0.25, 0.3) is 0 Å². The van der Waals surface area contributed by atoms with Gasteiger partial charge in [0.05, 0.1) is 0 Å². The van der Waals surface area contributed by atoms with Crippen molar-refractivity contribution >= 4 is 29.6 Å². The topological polar surface area (TPSA) is 69.7 Å². The molecule has 1 aliphatic rings. The van der Waals surface area contributed by atoms with Crippen LogP contribution in [0.2, 0.25) is 0 Å². The molecule has 108 valence electrons. The molecule has 6 nitrogen and oxygen atoms in total. The predicted octanol–water partition coefficient (Wildman–Crippen LogP) is 0.250. The average Bonchev–Trinajstić information content (AvgIpc) is 2.50. The van der Waals surface area contributed by atoms with Gasteiger partial charge in [0.2, 0.25) is 5.91 Å². The van der Waals surface area contributed by atoms with Crippen molar-refractivity contribution in [1.82, 2.24) is 15.1 Å². The second-order valence-electron chi connectivity index (χ2n) is 3.76. The van der Waals surface area contributed by atoms with Crippen molar-refractivity contribution in [2.45, 2.75) is 5.51 Å². The average molecular weight is 299 g/mol. The number of rotatable bonds is 5. The fourth-order valence-corrected chi connectivity index (χ4v) is 1.82. The van der Waals surface area contributed by atoms with E-state index in [4.69, 9.17) is 0 Å². The van der Waals surface area contributed by atoms with Crippen LogP contribution in [-0.4, -0.2) is 65.6 Å². The van der Waals surface area contributed by atoms with E-state index in [1.165, 1.54) is 7.05 Å². The van der Waals surface area contributed by atoms with Gasteiger partial charge in [0.1, 0.15) is 13.1 Å². The minimum Gasteiger partial charge on any atom is -0.354 e. The van der Waals surface area contributed by atoms with Crippen LogP contribution < -0.4 is 5.32 Å². The van der Waals surface area contributed by atoms with Crippen LogP contribution in [-0.2, 0) is 9.59 Å². The Morgan fingerprint density at radius 2 is 2.05 bits per heavy atom. The fourth-order valence-electron chi connectivity index (χ4n) is 1.38. The molecule has 1 aliphatic heterocycles. The van der Waals surface area contributed by atoms with Crippen LogP contribution >= 0.6 is 11.8 Å². The summed E-state index contributed by atoms with van der Waals surface area (Å²) in [6.45, 7) is -0.760. The molecule has 19 heavy (non-hydrogen) atoms. The number of alkyl halides is 3. The number of hydrogen-bond donors (Lipinski definition) is 1. The van der Waals surface area contributed by atoms with Gasteiger partial charge >= 0.3 is 11.5 Å². The van der Waals surface area contributed by atoms with Crippen molar-refractivity contribution in [3.05, 3.63) is 0 Å². The molecule has 1 heterocycles. The first-order chi connectivity index (χ1) is 8.70. The number of carbonyl (C=O) groups is 3. The van der Waals surface area contributed by atoms with Gasteiger partial charge in [0.25, 0.3) is 5.91 Å². The molecule has 1 fully saturated rings. The lowest BCUT2D eigenvalue weighted by Gasteiger charge is -2.13. The molecule has 10 heteroatoms. The predicted molar refractivity (Wildman–Crippen MR) is 61.3 cm³/mol. The molecule has 0 bridgehead atoms. The highest BCUT2D eigenvalue weighted by Gasteiger charge is 2.34. The smallest absolute Gasteiger partial charge is 0.354 e.